The monoisotopic (exact) mass is 419 g/mol. The molecule has 0 fully saturated rings. The van der Waals surface area contributed by atoms with Crippen LogP contribution < -0.4 is 0 Å². The number of hydrogen-bond acceptors (Lipinski definition) is 5. The van der Waals surface area contributed by atoms with Crippen LogP contribution in [-0.2, 0) is 20.7 Å². The van der Waals surface area contributed by atoms with E-state index in [1.165, 1.54) is 14.0 Å². The molecule has 0 aliphatic carbocycles. The van der Waals surface area contributed by atoms with Gasteiger partial charge in [0, 0.05) is 5.69 Å². The Hall–Kier alpha value is -3.67. The minimum absolute atomic E-state index is 0.0584. The summed E-state index contributed by atoms with van der Waals surface area (Å²) in [6.07, 6.45) is -0.929. The highest BCUT2D eigenvalue weighted by Crippen LogP contribution is 2.22. The van der Waals surface area contributed by atoms with Gasteiger partial charge in [-0.05, 0) is 43.0 Å². The number of carbonyl (C=O) groups is 3. The van der Waals surface area contributed by atoms with Crippen molar-refractivity contribution in [3.63, 3.8) is 0 Å². The minimum atomic E-state index is -0.988. The molecular formula is C25H25NO5. The Bertz CT molecular complexity index is 1100. The number of aryl methyl sites for hydroxylation is 1. The van der Waals surface area contributed by atoms with Gasteiger partial charge in [-0.2, -0.15) is 0 Å². The third kappa shape index (κ3) is 4.91. The summed E-state index contributed by atoms with van der Waals surface area (Å²) >= 11 is 0. The van der Waals surface area contributed by atoms with E-state index >= 15 is 0 Å². The van der Waals surface area contributed by atoms with E-state index in [0.29, 0.717) is 16.8 Å². The lowest BCUT2D eigenvalue weighted by molar-refractivity contribution is -0.145. The van der Waals surface area contributed by atoms with Crippen LogP contribution >= 0.6 is 0 Å². The van der Waals surface area contributed by atoms with Gasteiger partial charge in [0.1, 0.15) is 0 Å². The van der Waals surface area contributed by atoms with E-state index in [9.17, 15) is 14.4 Å². The average molecular weight is 419 g/mol. The van der Waals surface area contributed by atoms with E-state index in [1.54, 1.807) is 13.8 Å². The van der Waals surface area contributed by atoms with Crippen molar-refractivity contribution in [2.24, 2.45) is 0 Å². The van der Waals surface area contributed by atoms with Crippen molar-refractivity contribution in [3.8, 4) is 11.1 Å². The lowest BCUT2D eigenvalue weighted by Crippen LogP contribution is -2.26. The molecule has 160 valence electrons. The smallest absolute Gasteiger partial charge is 0.339 e. The van der Waals surface area contributed by atoms with E-state index in [4.69, 9.17) is 9.47 Å². The van der Waals surface area contributed by atoms with Crippen molar-refractivity contribution >= 4 is 17.7 Å². The zero-order chi connectivity index (χ0) is 22.5. The molecular weight excluding hydrogens is 394 g/mol. The molecule has 0 unspecified atom stereocenters. The zero-order valence-corrected chi connectivity index (χ0v) is 18.0. The van der Waals surface area contributed by atoms with Gasteiger partial charge < -0.3 is 14.5 Å². The fourth-order valence-corrected chi connectivity index (χ4v) is 3.51. The SMILES string of the molecule is COC(=O)c1c(C)[nH]c(C(=O)[C@@H](C)OC(=O)Cc2ccc(-c3ccccc3)cc2)c1C. The second-order valence-corrected chi connectivity index (χ2v) is 7.35. The molecule has 3 aromatic rings. The molecule has 0 radical (unpaired) electrons. The molecule has 0 spiro atoms. The Morgan fingerprint density at radius 2 is 1.55 bits per heavy atom. The van der Waals surface area contributed by atoms with Gasteiger partial charge in [-0.3, -0.25) is 9.59 Å². The van der Waals surface area contributed by atoms with Gasteiger partial charge in [0.15, 0.2) is 6.10 Å². The molecule has 1 N–H and O–H groups in total. The van der Waals surface area contributed by atoms with Crippen LogP contribution in [0.15, 0.2) is 54.6 Å². The maximum absolute atomic E-state index is 12.8. The lowest BCUT2D eigenvalue weighted by atomic mass is 10.0. The van der Waals surface area contributed by atoms with Gasteiger partial charge in [0.2, 0.25) is 5.78 Å². The number of rotatable bonds is 7. The molecule has 31 heavy (non-hydrogen) atoms. The summed E-state index contributed by atoms with van der Waals surface area (Å²) < 4.78 is 10.1. The molecule has 1 atom stereocenters. The third-order valence-corrected chi connectivity index (χ3v) is 5.16. The van der Waals surface area contributed by atoms with Crippen molar-refractivity contribution in [2.45, 2.75) is 33.3 Å². The van der Waals surface area contributed by atoms with Crippen LogP contribution in [0.2, 0.25) is 0 Å². The number of aromatic nitrogens is 1. The Kier molecular flexibility index (Phi) is 6.70. The number of esters is 2. The highest BCUT2D eigenvalue weighted by molar-refractivity contribution is 6.04. The van der Waals surface area contributed by atoms with Gasteiger partial charge in [0.05, 0.1) is 24.8 Å². The number of methoxy groups -OCH3 is 1. The molecule has 2 aromatic carbocycles. The van der Waals surface area contributed by atoms with Gasteiger partial charge >= 0.3 is 11.9 Å². The van der Waals surface area contributed by atoms with Crippen LogP contribution in [-0.4, -0.2) is 35.9 Å². The second-order valence-electron chi connectivity index (χ2n) is 7.35. The van der Waals surface area contributed by atoms with Gasteiger partial charge in [-0.25, -0.2) is 4.79 Å². The summed E-state index contributed by atoms with van der Waals surface area (Å²) in [4.78, 5) is 40.0. The third-order valence-electron chi connectivity index (χ3n) is 5.16. The van der Waals surface area contributed by atoms with Crippen molar-refractivity contribution in [1.82, 2.24) is 4.98 Å². The number of ketones is 1. The number of carbonyl (C=O) groups excluding carboxylic acids is 3. The second kappa shape index (κ2) is 9.43. The van der Waals surface area contributed by atoms with Crippen LogP contribution in [0.25, 0.3) is 11.1 Å². The maximum Gasteiger partial charge on any atom is 0.339 e. The molecule has 1 heterocycles. The van der Waals surface area contributed by atoms with Crippen LogP contribution in [0.1, 0.15) is 44.6 Å². The molecule has 3 rings (SSSR count). The first kappa shape index (κ1) is 22.0. The minimum Gasteiger partial charge on any atom is -0.465 e. The van der Waals surface area contributed by atoms with Crippen molar-refractivity contribution in [3.05, 3.63) is 82.7 Å². The maximum atomic E-state index is 12.8. The predicted octanol–water partition coefficient (Wildman–Crippen LogP) is 4.44. The number of aromatic amines is 1. The summed E-state index contributed by atoms with van der Waals surface area (Å²) in [5.74, 6) is -1.42. The van der Waals surface area contributed by atoms with Gasteiger partial charge in [-0.15, -0.1) is 0 Å². The van der Waals surface area contributed by atoms with Crippen molar-refractivity contribution in [2.75, 3.05) is 7.11 Å². The quantitative estimate of drug-likeness (QED) is 0.452. The predicted molar refractivity (Wildman–Crippen MR) is 117 cm³/mol. The Labute approximate surface area is 181 Å². The standard InChI is InChI=1S/C25H25NO5/c1-15-22(25(29)30-4)16(2)26-23(15)24(28)17(3)31-21(27)14-18-10-12-20(13-11-18)19-8-6-5-7-9-19/h5-13,17,26H,14H2,1-4H3/t17-/m1/s1. The largest absolute Gasteiger partial charge is 0.465 e. The summed E-state index contributed by atoms with van der Waals surface area (Å²) in [6.45, 7) is 4.86. The van der Waals surface area contributed by atoms with Crippen LogP contribution in [0.3, 0.4) is 0 Å². The van der Waals surface area contributed by atoms with E-state index in [-0.39, 0.29) is 12.1 Å². The topological polar surface area (TPSA) is 85.5 Å². The van der Waals surface area contributed by atoms with E-state index in [0.717, 1.165) is 16.7 Å². The van der Waals surface area contributed by atoms with Gasteiger partial charge in [0.25, 0.3) is 0 Å². The number of nitrogens with one attached hydrogen (secondary N) is 1. The number of hydrogen-bond donors (Lipinski definition) is 1. The first-order chi connectivity index (χ1) is 14.8. The molecule has 0 amide bonds. The summed E-state index contributed by atoms with van der Waals surface area (Å²) in [5.41, 5.74) is 4.52. The van der Waals surface area contributed by atoms with Crippen molar-refractivity contribution in [1.29, 1.82) is 0 Å². The molecule has 0 bridgehead atoms. The highest BCUT2D eigenvalue weighted by Gasteiger charge is 2.27. The lowest BCUT2D eigenvalue weighted by Gasteiger charge is -2.12. The van der Waals surface area contributed by atoms with Crippen LogP contribution in [0.5, 0.6) is 0 Å². The van der Waals surface area contributed by atoms with E-state index in [1.807, 2.05) is 54.6 Å². The first-order valence-electron chi connectivity index (χ1n) is 9.97. The summed E-state index contributed by atoms with van der Waals surface area (Å²) in [5, 5.41) is 0. The molecule has 0 aliphatic rings. The molecule has 0 saturated heterocycles. The summed E-state index contributed by atoms with van der Waals surface area (Å²) in [6, 6.07) is 17.6. The molecule has 1 aromatic heterocycles. The fourth-order valence-electron chi connectivity index (χ4n) is 3.51. The van der Waals surface area contributed by atoms with E-state index in [2.05, 4.69) is 4.98 Å². The molecule has 6 heteroatoms. The Morgan fingerprint density at radius 3 is 2.16 bits per heavy atom. The van der Waals surface area contributed by atoms with Crippen LogP contribution in [0, 0.1) is 13.8 Å². The molecule has 0 saturated carbocycles. The number of ether oxygens (including phenoxy) is 2. The van der Waals surface area contributed by atoms with E-state index < -0.39 is 23.8 Å². The van der Waals surface area contributed by atoms with Crippen LogP contribution in [0.4, 0.5) is 0 Å². The Balaban J connectivity index is 1.64. The summed E-state index contributed by atoms with van der Waals surface area (Å²) in [7, 11) is 1.28. The fraction of sp³-hybridized carbons (Fsp3) is 0.240. The Morgan fingerprint density at radius 1 is 0.935 bits per heavy atom. The first-order valence-corrected chi connectivity index (χ1v) is 9.97. The normalized spacial score (nSPS) is 11.6. The molecule has 0 aliphatic heterocycles. The van der Waals surface area contributed by atoms with Crippen molar-refractivity contribution < 1.29 is 23.9 Å². The number of Topliss-reactive ketones (excluding diaryl/α,β-unsaturated/α-hetero) is 1. The number of H-pyrrole nitrogens is 1. The zero-order valence-electron chi connectivity index (χ0n) is 18.0. The van der Waals surface area contributed by atoms with Gasteiger partial charge in [-0.1, -0.05) is 54.6 Å². The number of benzene rings is 2. The average Bonchev–Trinajstić information content (AvgIpc) is 3.07. The molecule has 6 nitrogen and oxygen atoms in total. The highest BCUT2D eigenvalue weighted by atomic mass is 16.5.